The number of aromatic nitrogens is 2. The third kappa shape index (κ3) is 3.33. The van der Waals surface area contributed by atoms with Gasteiger partial charge in [0.15, 0.2) is 5.78 Å². The first kappa shape index (κ1) is 16.1. The van der Waals surface area contributed by atoms with Gasteiger partial charge in [-0.1, -0.05) is 36.7 Å². The lowest BCUT2D eigenvalue weighted by molar-refractivity contribution is 0.0987. The van der Waals surface area contributed by atoms with Gasteiger partial charge in [-0.15, -0.1) is 11.8 Å². The molecule has 0 aliphatic carbocycles. The second-order valence-corrected chi connectivity index (χ2v) is 5.90. The van der Waals surface area contributed by atoms with Crippen LogP contribution in [-0.4, -0.2) is 21.8 Å². The second kappa shape index (κ2) is 7.14. The molecule has 2 rings (SSSR count). The minimum atomic E-state index is 0.0825. The second-order valence-electron chi connectivity index (χ2n) is 4.68. The Morgan fingerprint density at radius 2 is 2.05 bits per heavy atom. The van der Waals surface area contributed by atoms with Crippen LogP contribution >= 0.6 is 23.4 Å². The van der Waals surface area contributed by atoms with Crippen LogP contribution in [-0.2, 0) is 19.4 Å². The fourth-order valence-corrected chi connectivity index (χ4v) is 3.26. The first-order valence-electron chi connectivity index (χ1n) is 7.02. The van der Waals surface area contributed by atoms with E-state index in [1.54, 1.807) is 11.8 Å². The number of carbonyl (C=O) groups excluding carboxylic acids is 1. The highest BCUT2D eigenvalue weighted by molar-refractivity contribution is 7.98. The average Bonchev–Trinajstić information content (AvgIpc) is 2.83. The van der Waals surface area contributed by atoms with Gasteiger partial charge in [0.05, 0.1) is 22.8 Å². The summed E-state index contributed by atoms with van der Waals surface area (Å²) in [7, 11) is 0. The van der Waals surface area contributed by atoms with Gasteiger partial charge in [-0.2, -0.15) is 5.10 Å². The van der Waals surface area contributed by atoms with E-state index in [4.69, 9.17) is 11.6 Å². The highest BCUT2D eigenvalue weighted by Gasteiger charge is 2.19. The van der Waals surface area contributed by atoms with Gasteiger partial charge in [0.1, 0.15) is 0 Å². The zero-order valence-electron chi connectivity index (χ0n) is 12.5. The minimum absolute atomic E-state index is 0.0825. The maximum Gasteiger partial charge on any atom is 0.169 e. The number of ketones is 1. The Kier molecular flexibility index (Phi) is 5.48. The van der Waals surface area contributed by atoms with E-state index in [0.717, 1.165) is 28.3 Å². The van der Waals surface area contributed by atoms with Crippen molar-refractivity contribution in [3.05, 3.63) is 46.2 Å². The molecular formula is C16H19ClN2OS. The van der Waals surface area contributed by atoms with Crippen LogP contribution in [0.2, 0.25) is 5.02 Å². The quantitative estimate of drug-likeness (QED) is 0.588. The van der Waals surface area contributed by atoms with Gasteiger partial charge in [-0.05, 0) is 25.7 Å². The van der Waals surface area contributed by atoms with Crippen molar-refractivity contribution < 1.29 is 4.79 Å². The van der Waals surface area contributed by atoms with Crippen LogP contribution in [0.3, 0.4) is 0 Å². The van der Waals surface area contributed by atoms with E-state index in [1.165, 1.54) is 0 Å². The van der Waals surface area contributed by atoms with Crippen molar-refractivity contribution in [3.63, 3.8) is 0 Å². The Morgan fingerprint density at radius 1 is 1.33 bits per heavy atom. The normalized spacial score (nSPS) is 10.9. The number of hydrogen-bond acceptors (Lipinski definition) is 3. The summed E-state index contributed by atoms with van der Waals surface area (Å²) in [6, 6.07) is 7.67. The number of halogens is 1. The molecule has 0 unspecified atom stereocenters. The molecule has 0 N–H and O–H groups in total. The highest BCUT2D eigenvalue weighted by Crippen LogP contribution is 2.25. The molecule has 5 heteroatoms. The number of rotatable bonds is 6. The lowest BCUT2D eigenvalue weighted by atomic mass is 10.1. The number of hydrogen-bond donors (Lipinski definition) is 0. The third-order valence-corrected chi connectivity index (χ3v) is 4.66. The summed E-state index contributed by atoms with van der Waals surface area (Å²) in [5, 5.41) is 5.10. The molecule has 0 amide bonds. The Hall–Kier alpha value is -1.26. The lowest BCUT2D eigenvalue weighted by Gasteiger charge is -2.08. The van der Waals surface area contributed by atoms with Crippen LogP contribution in [0.1, 0.15) is 35.6 Å². The van der Waals surface area contributed by atoms with Gasteiger partial charge in [-0.3, -0.25) is 9.48 Å². The Labute approximate surface area is 134 Å². The molecule has 0 bridgehead atoms. The number of Topliss-reactive ketones (excluding diaryl/α,β-unsaturated/α-hetero) is 1. The molecule has 0 saturated heterocycles. The topological polar surface area (TPSA) is 34.9 Å². The van der Waals surface area contributed by atoms with E-state index < -0.39 is 0 Å². The van der Waals surface area contributed by atoms with Crippen molar-refractivity contribution >= 4 is 29.1 Å². The molecule has 21 heavy (non-hydrogen) atoms. The summed E-state index contributed by atoms with van der Waals surface area (Å²) in [5.74, 6) is 0.0825. The molecule has 1 aromatic carbocycles. The van der Waals surface area contributed by atoms with E-state index in [0.29, 0.717) is 11.6 Å². The first-order chi connectivity index (χ1) is 10.1. The zero-order valence-corrected chi connectivity index (χ0v) is 14.1. The number of thioether (sulfide) groups is 1. The van der Waals surface area contributed by atoms with Crippen molar-refractivity contribution in [1.82, 2.24) is 9.78 Å². The largest absolute Gasteiger partial charge is 0.294 e. The van der Waals surface area contributed by atoms with E-state index >= 15 is 0 Å². The number of aryl methyl sites for hydroxylation is 2. The standard InChI is InChI=1S/C16H19ClN2OS/c1-4-12-16(17)13(19(5-2)18-12)10-14(20)11-8-6-7-9-15(11)21-3/h6-9H,4-5,10H2,1-3H3. The summed E-state index contributed by atoms with van der Waals surface area (Å²) in [6.45, 7) is 4.74. The number of carbonyl (C=O) groups is 1. The zero-order chi connectivity index (χ0) is 15.4. The van der Waals surface area contributed by atoms with Gasteiger partial charge in [0.2, 0.25) is 0 Å². The molecule has 0 radical (unpaired) electrons. The van der Waals surface area contributed by atoms with Crippen LogP contribution in [0.5, 0.6) is 0 Å². The molecule has 0 atom stereocenters. The smallest absolute Gasteiger partial charge is 0.169 e. The maximum atomic E-state index is 12.6. The molecule has 1 heterocycles. The van der Waals surface area contributed by atoms with Crippen molar-refractivity contribution in [3.8, 4) is 0 Å². The molecule has 0 aliphatic heterocycles. The van der Waals surface area contributed by atoms with E-state index in [-0.39, 0.29) is 12.2 Å². The van der Waals surface area contributed by atoms with E-state index in [2.05, 4.69) is 5.10 Å². The molecule has 112 valence electrons. The van der Waals surface area contributed by atoms with Crippen molar-refractivity contribution in [2.45, 2.75) is 38.1 Å². The van der Waals surface area contributed by atoms with Gasteiger partial charge in [0, 0.05) is 17.0 Å². The molecule has 1 aromatic heterocycles. The Bertz CT molecular complexity index is 652. The predicted molar refractivity (Wildman–Crippen MR) is 88.5 cm³/mol. The molecule has 0 saturated carbocycles. The Morgan fingerprint density at radius 3 is 2.67 bits per heavy atom. The van der Waals surface area contributed by atoms with E-state index in [9.17, 15) is 4.79 Å². The highest BCUT2D eigenvalue weighted by atomic mass is 35.5. The minimum Gasteiger partial charge on any atom is -0.294 e. The average molecular weight is 323 g/mol. The summed E-state index contributed by atoms with van der Waals surface area (Å²) >= 11 is 7.95. The van der Waals surface area contributed by atoms with Gasteiger partial charge in [-0.25, -0.2) is 0 Å². The molecule has 2 aromatic rings. The number of nitrogens with zero attached hydrogens (tertiary/aromatic N) is 2. The summed E-state index contributed by atoms with van der Waals surface area (Å²) < 4.78 is 1.83. The molecule has 0 fully saturated rings. The molecule has 3 nitrogen and oxygen atoms in total. The van der Waals surface area contributed by atoms with Gasteiger partial charge < -0.3 is 0 Å². The van der Waals surface area contributed by atoms with Crippen LogP contribution in [0.15, 0.2) is 29.2 Å². The van der Waals surface area contributed by atoms with Gasteiger partial charge >= 0.3 is 0 Å². The first-order valence-corrected chi connectivity index (χ1v) is 8.62. The van der Waals surface area contributed by atoms with Crippen LogP contribution < -0.4 is 0 Å². The number of benzene rings is 1. The fourth-order valence-electron chi connectivity index (χ4n) is 2.31. The van der Waals surface area contributed by atoms with Crippen LogP contribution in [0.25, 0.3) is 0 Å². The van der Waals surface area contributed by atoms with E-state index in [1.807, 2.05) is 49.1 Å². The maximum absolute atomic E-state index is 12.6. The molecule has 0 spiro atoms. The summed E-state index contributed by atoms with van der Waals surface area (Å²) in [6.07, 6.45) is 3.04. The molecule has 0 aliphatic rings. The summed E-state index contributed by atoms with van der Waals surface area (Å²) in [5.41, 5.74) is 2.43. The Balaban J connectivity index is 2.33. The lowest BCUT2D eigenvalue weighted by Crippen LogP contribution is -2.11. The van der Waals surface area contributed by atoms with Crippen molar-refractivity contribution in [1.29, 1.82) is 0 Å². The van der Waals surface area contributed by atoms with Crippen LogP contribution in [0, 0.1) is 0 Å². The van der Waals surface area contributed by atoms with Crippen molar-refractivity contribution in [2.75, 3.05) is 6.26 Å². The van der Waals surface area contributed by atoms with Crippen LogP contribution in [0.4, 0.5) is 0 Å². The fraction of sp³-hybridized carbons (Fsp3) is 0.375. The SMILES string of the molecule is CCc1nn(CC)c(CC(=O)c2ccccc2SC)c1Cl. The summed E-state index contributed by atoms with van der Waals surface area (Å²) in [4.78, 5) is 13.6. The van der Waals surface area contributed by atoms with Gasteiger partial charge in [0.25, 0.3) is 0 Å². The van der Waals surface area contributed by atoms with Crippen molar-refractivity contribution in [2.24, 2.45) is 0 Å². The predicted octanol–water partition coefficient (Wildman–Crippen LogP) is 4.27. The third-order valence-electron chi connectivity index (χ3n) is 3.43. The molecular weight excluding hydrogens is 304 g/mol. The monoisotopic (exact) mass is 322 g/mol.